The summed E-state index contributed by atoms with van der Waals surface area (Å²) in [4.78, 5) is 13.1. The summed E-state index contributed by atoms with van der Waals surface area (Å²) >= 11 is 6.66. The monoisotopic (exact) mass is 385 g/mol. The maximum atomic E-state index is 12.4. The molecule has 0 bridgehead atoms. The number of carbonyl (C=O) groups excluding carboxylic acids is 1. The van der Waals surface area contributed by atoms with Gasteiger partial charge in [-0.05, 0) is 48.8 Å². The van der Waals surface area contributed by atoms with E-state index in [9.17, 15) is 4.79 Å². The minimum Gasteiger partial charge on any atom is -0.306 e. The molecule has 1 aliphatic heterocycles. The fraction of sp³-hybridized carbons (Fsp3) is 0.429. The van der Waals surface area contributed by atoms with E-state index >= 15 is 0 Å². The molecule has 0 fully saturated rings. The largest absolute Gasteiger partial charge is 0.306 e. The van der Waals surface area contributed by atoms with Crippen LogP contribution in [-0.4, -0.2) is 15.7 Å². The highest BCUT2D eigenvalue weighted by Crippen LogP contribution is 2.37. The van der Waals surface area contributed by atoms with Gasteiger partial charge in [-0.25, -0.2) is 4.68 Å². The van der Waals surface area contributed by atoms with Crippen LogP contribution in [0.15, 0.2) is 15.9 Å². The number of amides is 1. The van der Waals surface area contributed by atoms with Gasteiger partial charge in [0.2, 0.25) is 0 Å². The van der Waals surface area contributed by atoms with Crippen molar-refractivity contribution in [1.82, 2.24) is 9.78 Å². The first-order valence-electron chi connectivity index (χ1n) is 6.62. The molecule has 0 aromatic carbocycles. The topological polar surface area (TPSA) is 46.9 Å². The van der Waals surface area contributed by atoms with Gasteiger partial charge in [-0.2, -0.15) is 16.9 Å². The lowest BCUT2D eigenvalue weighted by Crippen LogP contribution is -2.27. The predicted octanol–water partition coefficient (Wildman–Crippen LogP) is 4.46. The summed E-state index contributed by atoms with van der Waals surface area (Å²) in [5.41, 5.74) is 2.10. The number of rotatable bonds is 2. The molecule has 0 aliphatic carbocycles. The summed E-state index contributed by atoms with van der Waals surface area (Å²) < 4.78 is 2.90. The Balaban J connectivity index is 1.96. The van der Waals surface area contributed by atoms with Crippen molar-refractivity contribution < 1.29 is 4.79 Å². The molecule has 112 valence electrons. The van der Waals surface area contributed by atoms with Crippen LogP contribution in [0.3, 0.4) is 0 Å². The molecule has 0 spiro atoms. The highest BCUT2D eigenvalue weighted by atomic mass is 79.9. The van der Waals surface area contributed by atoms with Gasteiger partial charge in [-0.1, -0.05) is 0 Å². The number of nitrogens with zero attached hydrogens (tertiary/aromatic N) is 2. The highest BCUT2D eigenvalue weighted by molar-refractivity contribution is 9.11. The predicted molar refractivity (Wildman–Crippen MR) is 92.2 cm³/mol. The molecule has 0 unspecified atom stereocenters. The smallest absolute Gasteiger partial charge is 0.266 e. The van der Waals surface area contributed by atoms with Crippen LogP contribution in [0.25, 0.3) is 0 Å². The number of hydrogen-bond donors (Lipinski definition) is 1. The van der Waals surface area contributed by atoms with E-state index in [1.165, 1.54) is 16.9 Å². The Hall–Kier alpha value is -0.790. The zero-order valence-electron chi connectivity index (χ0n) is 12.1. The normalized spacial score (nSPS) is 14.3. The van der Waals surface area contributed by atoms with Gasteiger partial charge in [-0.3, -0.25) is 4.79 Å². The van der Waals surface area contributed by atoms with Gasteiger partial charge < -0.3 is 5.32 Å². The van der Waals surface area contributed by atoms with E-state index in [1.54, 1.807) is 0 Å². The SMILES string of the molecule is CC(C)(C)n1nc2c(c1NC(=O)c1ccc(Br)s1)CSC2. The Kier molecular flexibility index (Phi) is 3.92. The van der Waals surface area contributed by atoms with Crippen LogP contribution in [0.1, 0.15) is 41.7 Å². The molecule has 0 saturated carbocycles. The molecule has 21 heavy (non-hydrogen) atoms. The average molecular weight is 386 g/mol. The molecular formula is C14H16BrN3OS2. The molecule has 2 aromatic rings. The fourth-order valence-corrected chi connectivity index (χ4v) is 4.55. The summed E-state index contributed by atoms with van der Waals surface area (Å²) in [6.07, 6.45) is 0. The maximum Gasteiger partial charge on any atom is 0.266 e. The Morgan fingerprint density at radius 3 is 2.76 bits per heavy atom. The zero-order chi connectivity index (χ0) is 15.2. The van der Waals surface area contributed by atoms with Crippen LogP contribution in [0.4, 0.5) is 5.82 Å². The molecule has 1 N–H and O–H groups in total. The van der Waals surface area contributed by atoms with Gasteiger partial charge in [0.15, 0.2) is 0 Å². The van der Waals surface area contributed by atoms with E-state index < -0.39 is 0 Å². The number of anilines is 1. The Labute approximate surface area is 140 Å². The summed E-state index contributed by atoms with van der Waals surface area (Å²) in [5.74, 6) is 2.61. The molecular weight excluding hydrogens is 370 g/mol. The van der Waals surface area contributed by atoms with Crippen LogP contribution < -0.4 is 5.32 Å². The molecule has 3 rings (SSSR count). The molecule has 0 radical (unpaired) electrons. The van der Waals surface area contributed by atoms with Crippen LogP contribution in [0.2, 0.25) is 0 Å². The van der Waals surface area contributed by atoms with E-state index in [4.69, 9.17) is 0 Å². The number of fused-ring (bicyclic) bond motifs is 1. The third-order valence-electron chi connectivity index (χ3n) is 3.22. The molecule has 3 heterocycles. The van der Waals surface area contributed by atoms with E-state index in [0.717, 1.165) is 26.8 Å². The first kappa shape index (κ1) is 15.1. The number of thioether (sulfide) groups is 1. The van der Waals surface area contributed by atoms with Gasteiger partial charge >= 0.3 is 0 Å². The van der Waals surface area contributed by atoms with Crippen molar-refractivity contribution in [2.45, 2.75) is 37.8 Å². The van der Waals surface area contributed by atoms with E-state index in [-0.39, 0.29) is 11.4 Å². The number of nitrogens with one attached hydrogen (secondary N) is 1. The number of carbonyl (C=O) groups is 1. The summed E-state index contributed by atoms with van der Waals surface area (Å²) in [5, 5.41) is 7.75. The number of thiophene rings is 1. The van der Waals surface area contributed by atoms with Crippen molar-refractivity contribution in [2.75, 3.05) is 5.32 Å². The number of aromatic nitrogens is 2. The quantitative estimate of drug-likeness (QED) is 0.829. The minimum absolute atomic E-state index is 0.0733. The molecule has 0 atom stereocenters. The van der Waals surface area contributed by atoms with Gasteiger partial charge in [0, 0.05) is 17.1 Å². The second-order valence-corrected chi connectivity index (χ2v) is 9.36. The van der Waals surface area contributed by atoms with Crippen molar-refractivity contribution in [3.05, 3.63) is 32.1 Å². The Morgan fingerprint density at radius 1 is 1.38 bits per heavy atom. The van der Waals surface area contributed by atoms with E-state index in [2.05, 4.69) is 47.1 Å². The van der Waals surface area contributed by atoms with E-state index in [1.807, 2.05) is 28.6 Å². The molecule has 7 heteroatoms. The minimum atomic E-state index is -0.159. The maximum absolute atomic E-state index is 12.4. The summed E-state index contributed by atoms with van der Waals surface area (Å²) in [6.45, 7) is 6.29. The molecule has 4 nitrogen and oxygen atoms in total. The summed E-state index contributed by atoms with van der Waals surface area (Å²) in [6, 6.07) is 3.72. The molecule has 1 amide bonds. The lowest BCUT2D eigenvalue weighted by atomic mass is 10.1. The summed E-state index contributed by atoms with van der Waals surface area (Å²) in [7, 11) is 0. The standard InChI is InChI=1S/C14H16BrN3OS2/c1-14(2,3)18-12(8-6-20-7-9(8)17-18)16-13(19)10-4-5-11(15)21-10/h4-5H,6-7H2,1-3H3,(H,16,19). The first-order chi connectivity index (χ1) is 9.86. The first-order valence-corrected chi connectivity index (χ1v) is 9.38. The molecule has 1 aliphatic rings. The molecule has 0 saturated heterocycles. The van der Waals surface area contributed by atoms with Crippen molar-refractivity contribution in [3.8, 4) is 0 Å². The second kappa shape index (κ2) is 5.44. The van der Waals surface area contributed by atoms with Crippen LogP contribution in [0, 0.1) is 0 Å². The Morgan fingerprint density at radius 2 is 2.14 bits per heavy atom. The highest BCUT2D eigenvalue weighted by Gasteiger charge is 2.29. The average Bonchev–Trinajstić information content (AvgIpc) is 3.04. The number of halogens is 1. The fourth-order valence-electron chi connectivity index (χ4n) is 2.23. The van der Waals surface area contributed by atoms with Crippen molar-refractivity contribution in [1.29, 1.82) is 0 Å². The second-order valence-electron chi connectivity index (χ2n) is 5.91. The Bertz CT molecular complexity index is 700. The van der Waals surface area contributed by atoms with Crippen molar-refractivity contribution >= 4 is 50.8 Å². The van der Waals surface area contributed by atoms with Crippen LogP contribution in [-0.2, 0) is 17.0 Å². The lowest BCUT2D eigenvalue weighted by Gasteiger charge is -2.23. The molecule has 2 aromatic heterocycles. The third-order valence-corrected chi connectivity index (χ3v) is 5.81. The van der Waals surface area contributed by atoms with Crippen LogP contribution >= 0.6 is 39.0 Å². The zero-order valence-corrected chi connectivity index (χ0v) is 15.3. The van der Waals surface area contributed by atoms with Gasteiger partial charge in [0.05, 0.1) is 19.9 Å². The van der Waals surface area contributed by atoms with Crippen LogP contribution in [0.5, 0.6) is 0 Å². The van der Waals surface area contributed by atoms with Crippen molar-refractivity contribution in [2.24, 2.45) is 0 Å². The van der Waals surface area contributed by atoms with Crippen molar-refractivity contribution in [3.63, 3.8) is 0 Å². The van der Waals surface area contributed by atoms with Gasteiger partial charge in [-0.15, -0.1) is 11.3 Å². The van der Waals surface area contributed by atoms with Gasteiger partial charge in [0.25, 0.3) is 5.91 Å². The van der Waals surface area contributed by atoms with E-state index in [0.29, 0.717) is 4.88 Å². The number of hydrogen-bond acceptors (Lipinski definition) is 4. The third kappa shape index (κ3) is 2.91. The van der Waals surface area contributed by atoms with Gasteiger partial charge in [0.1, 0.15) is 5.82 Å². The lowest BCUT2D eigenvalue weighted by molar-refractivity contribution is 0.102.